The van der Waals surface area contributed by atoms with E-state index in [9.17, 15) is 9.90 Å². The SMILES string of the molecule is CCC[C@]12CC[C@H]3c4ccc(O)cc4CCN3[C@@H]1CCC2=O. The summed E-state index contributed by atoms with van der Waals surface area (Å²) in [5.41, 5.74) is 2.63. The van der Waals surface area contributed by atoms with E-state index in [1.807, 2.05) is 12.1 Å². The van der Waals surface area contributed by atoms with E-state index in [0.29, 0.717) is 23.6 Å². The third-order valence-corrected chi connectivity index (χ3v) is 6.32. The van der Waals surface area contributed by atoms with Crippen LogP contribution in [-0.2, 0) is 11.2 Å². The van der Waals surface area contributed by atoms with Gasteiger partial charge in [0.05, 0.1) is 0 Å². The smallest absolute Gasteiger partial charge is 0.140 e. The highest BCUT2D eigenvalue weighted by Gasteiger charge is 2.55. The summed E-state index contributed by atoms with van der Waals surface area (Å²) in [6.45, 7) is 3.24. The molecule has 2 aliphatic heterocycles. The fourth-order valence-corrected chi connectivity index (χ4v) is 5.45. The van der Waals surface area contributed by atoms with Gasteiger partial charge in [-0.3, -0.25) is 9.69 Å². The highest BCUT2D eigenvalue weighted by molar-refractivity contribution is 5.88. The van der Waals surface area contributed by atoms with Crippen molar-refractivity contribution < 1.29 is 9.90 Å². The van der Waals surface area contributed by atoms with Crippen LogP contribution in [0.5, 0.6) is 5.75 Å². The number of nitrogens with zero attached hydrogens (tertiary/aromatic N) is 1. The average Bonchev–Trinajstić information content (AvgIpc) is 2.84. The van der Waals surface area contributed by atoms with Gasteiger partial charge in [-0.25, -0.2) is 0 Å². The Bertz CT molecular complexity index is 611. The molecule has 22 heavy (non-hydrogen) atoms. The molecule has 1 saturated heterocycles. The fraction of sp³-hybridized carbons (Fsp3) is 0.632. The van der Waals surface area contributed by atoms with Crippen LogP contribution < -0.4 is 0 Å². The van der Waals surface area contributed by atoms with Crippen LogP contribution in [0.15, 0.2) is 18.2 Å². The van der Waals surface area contributed by atoms with Crippen LogP contribution in [0.1, 0.15) is 62.6 Å². The molecule has 0 unspecified atom stereocenters. The van der Waals surface area contributed by atoms with Gasteiger partial charge in [0, 0.05) is 30.5 Å². The molecule has 1 aliphatic carbocycles. The minimum atomic E-state index is -0.0559. The Balaban J connectivity index is 1.70. The first-order valence-corrected chi connectivity index (χ1v) is 8.76. The third-order valence-electron chi connectivity index (χ3n) is 6.32. The number of phenols is 1. The molecule has 0 radical (unpaired) electrons. The van der Waals surface area contributed by atoms with Gasteiger partial charge in [0.15, 0.2) is 0 Å². The molecule has 3 atom stereocenters. The van der Waals surface area contributed by atoms with Crippen LogP contribution in [0.25, 0.3) is 0 Å². The van der Waals surface area contributed by atoms with Gasteiger partial charge in [0.25, 0.3) is 0 Å². The summed E-state index contributed by atoms with van der Waals surface area (Å²) in [5, 5.41) is 9.72. The van der Waals surface area contributed by atoms with Crippen molar-refractivity contribution in [3.05, 3.63) is 29.3 Å². The minimum Gasteiger partial charge on any atom is -0.508 e. The number of Topliss-reactive ketones (excluding diaryl/α,β-unsaturated/α-hetero) is 1. The number of benzene rings is 1. The average molecular weight is 299 g/mol. The lowest BCUT2D eigenvalue weighted by molar-refractivity contribution is -0.132. The monoisotopic (exact) mass is 299 g/mol. The lowest BCUT2D eigenvalue weighted by atomic mass is 9.67. The van der Waals surface area contributed by atoms with Crippen molar-refractivity contribution in [2.24, 2.45) is 5.41 Å². The van der Waals surface area contributed by atoms with Crippen molar-refractivity contribution in [2.75, 3.05) is 6.54 Å². The Morgan fingerprint density at radius 2 is 2.18 bits per heavy atom. The molecule has 0 aromatic heterocycles. The second-order valence-corrected chi connectivity index (χ2v) is 7.31. The second kappa shape index (κ2) is 5.09. The zero-order valence-corrected chi connectivity index (χ0v) is 13.3. The second-order valence-electron chi connectivity index (χ2n) is 7.31. The highest BCUT2D eigenvalue weighted by Crippen LogP contribution is 2.54. The number of rotatable bonds is 2. The molecule has 118 valence electrons. The predicted octanol–water partition coefficient (Wildman–Crippen LogP) is 3.60. The molecule has 2 heterocycles. The van der Waals surface area contributed by atoms with Gasteiger partial charge in [0.2, 0.25) is 0 Å². The molecule has 2 fully saturated rings. The van der Waals surface area contributed by atoms with Crippen LogP contribution in [0.2, 0.25) is 0 Å². The number of phenolic OH excluding ortho intramolecular Hbond substituents is 1. The first-order chi connectivity index (χ1) is 10.7. The van der Waals surface area contributed by atoms with E-state index < -0.39 is 0 Å². The summed E-state index contributed by atoms with van der Waals surface area (Å²) in [6.07, 6.45) is 7.10. The van der Waals surface area contributed by atoms with E-state index >= 15 is 0 Å². The number of aromatic hydroxyl groups is 1. The lowest BCUT2D eigenvalue weighted by Crippen LogP contribution is -2.54. The van der Waals surface area contributed by atoms with Gasteiger partial charge in [0.1, 0.15) is 11.5 Å². The Morgan fingerprint density at radius 1 is 1.32 bits per heavy atom. The molecule has 4 rings (SSSR count). The molecule has 0 spiro atoms. The van der Waals surface area contributed by atoms with Crippen LogP contribution in [0.4, 0.5) is 0 Å². The van der Waals surface area contributed by atoms with Gasteiger partial charge < -0.3 is 5.11 Å². The predicted molar refractivity (Wildman–Crippen MR) is 85.9 cm³/mol. The first kappa shape index (κ1) is 14.3. The number of carbonyl (C=O) groups excluding carboxylic acids is 1. The van der Waals surface area contributed by atoms with Crippen LogP contribution in [-0.4, -0.2) is 28.4 Å². The molecule has 3 nitrogen and oxygen atoms in total. The maximum absolute atomic E-state index is 12.6. The normalized spacial score (nSPS) is 34.1. The molecule has 1 aromatic rings. The Kier molecular flexibility index (Phi) is 3.30. The summed E-state index contributed by atoms with van der Waals surface area (Å²) in [5.74, 6) is 0.897. The maximum atomic E-state index is 12.6. The zero-order valence-electron chi connectivity index (χ0n) is 13.3. The molecule has 3 aliphatic rings. The number of hydrogen-bond acceptors (Lipinski definition) is 3. The van der Waals surface area contributed by atoms with Crippen molar-refractivity contribution in [1.29, 1.82) is 0 Å². The van der Waals surface area contributed by atoms with Crippen LogP contribution >= 0.6 is 0 Å². The number of carbonyl (C=O) groups is 1. The minimum absolute atomic E-state index is 0.0559. The topological polar surface area (TPSA) is 40.5 Å². The van der Waals surface area contributed by atoms with Crippen LogP contribution in [0.3, 0.4) is 0 Å². The molecular formula is C19H25NO2. The van der Waals surface area contributed by atoms with Gasteiger partial charge >= 0.3 is 0 Å². The van der Waals surface area contributed by atoms with E-state index in [1.165, 1.54) is 11.1 Å². The van der Waals surface area contributed by atoms with Gasteiger partial charge in [-0.15, -0.1) is 0 Å². The molecule has 3 heteroatoms. The number of hydrogen-bond donors (Lipinski definition) is 1. The summed E-state index contributed by atoms with van der Waals surface area (Å²) in [4.78, 5) is 15.3. The maximum Gasteiger partial charge on any atom is 0.140 e. The van der Waals surface area contributed by atoms with E-state index in [-0.39, 0.29) is 5.41 Å². The number of piperidine rings is 1. The molecule has 0 amide bonds. The van der Waals surface area contributed by atoms with Gasteiger partial charge in [-0.2, -0.15) is 0 Å². The molecule has 1 saturated carbocycles. The zero-order chi connectivity index (χ0) is 15.3. The summed E-state index contributed by atoms with van der Waals surface area (Å²) in [7, 11) is 0. The van der Waals surface area contributed by atoms with Crippen molar-refractivity contribution in [2.45, 2.75) is 64.0 Å². The Hall–Kier alpha value is -1.35. The molecular weight excluding hydrogens is 274 g/mol. The number of ketones is 1. The first-order valence-electron chi connectivity index (χ1n) is 8.76. The number of fused-ring (bicyclic) bond motifs is 5. The van der Waals surface area contributed by atoms with Gasteiger partial charge in [-0.1, -0.05) is 19.4 Å². The third kappa shape index (κ3) is 1.88. The van der Waals surface area contributed by atoms with Crippen LogP contribution in [0, 0.1) is 5.41 Å². The van der Waals surface area contributed by atoms with Crippen molar-refractivity contribution in [3.63, 3.8) is 0 Å². The Labute approximate surface area is 132 Å². The quantitative estimate of drug-likeness (QED) is 0.907. The fourth-order valence-electron chi connectivity index (χ4n) is 5.45. The van der Waals surface area contributed by atoms with E-state index in [0.717, 1.165) is 51.5 Å². The largest absolute Gasteiger partial charge is 0.508 e. The van der Waals surface area contributed by atoms with E-state index in [1.54, 1.807) is 0 Å². The summed E-state index contributed by atoms with van der Waals surface area (Å²) < 4.78 is 0. The van der Waals surface area contributed by atoms with Gasteiger partial charge in [-0.05, 0) is 55.4 Å². The molecule has 1 N–H and O–H groups in total. The van der Waals surface area contributed by atoms with E-state index in [2.05, 4.69) is 17.9 Å². The lowest BCUT2D eigenvalue weighted by Gasteiger charge is -2.52. The standard InChI is InChI=1S/C19H25NO2/c1-2-9-19-10-7-16-15-4-3-14(21)12-13(15)8-11-20(16)17(19)5-6-18(19)22/h3-4,12,16-17,21H,2,5-11H2,1H3/t16-,17+,19-/m0/s1. The molecule has 1 aromatic carbocycles. The van der Waals surface area contributed by atoms with Crippen molar-refractivity contribution >= 4 is 5.78 Å². The highest BCUT2D eigenvalue weighted by atomic mass is 16.3. The van der Waals surface area contributed by atoms with Crippen molar-refractivity contribution in [3.8, 4) is 5.75 Å². The summed E-state index contributed by atoms with van der Waals surface area (Å²) in [6, 6.07) is 6.74. The van der Waals surface area contributed by atoms with E-state index in [4.69, 9.17) is 0 Å². The summed E-state index contributed by atoms with van der Waals surface area (Å²) >= 11 is 0. The Morgan fingerprint density at radius 3 is 3.00 bits per heavy atom. The van der Waals surface area contributed by atoms with Crippen molar-refractivity contribution in [1.82, 2.24) is 4.90 Å². The molecule has 0 bridgehead atoms.